The van der Waals surface area contributed by atoms with Crippen molar-refractivity contribution in [3.8, 4) is 0 Å². The van der Waals surface area contributed by atoms with Crippen LogP contribution in [0.5, 0.6) is 0 Å². The average molecular weight is 254 g/mol. The summed E-state index contributed by atoms with van der Waals surface area (Å²) in [6.07, 6.45) is 1.22. The van der Waals surface area contributed by atoms with Gasteiger partial charge in [-0.15, -0.1) is 11.3 Å². The van der Waals surface area contributed by atoms with Gasteiger partial charge in [-0.25, -0.2) is 4.98 Å². The van der Waals surface area contributed by atoms with E-state index in [0.29, 0.717) is 5.92 Å². The fourth-order valence-electron chi connectivity index (χ4n) is 1.79. The third-order valence-corrected chi connectivity index (χ3v) is 3.74. The Labute approximate surface area is 110 Å². The molecule has 0 saturated carbocycles. The van der Waals surface area contributed by atoms with Crippen molar-refractivity contribution in [1.29, 1.82) is 0 Å². The molecule has 0 aliphatic heterocycles. The van der Waals surface area contributed by atoms with Crippen LogP contribution in [0.3, 0.4) is 0 Å². The number of hydrogen-bond acceptors (Lipinski definition) is 3. The molecule has 0 radical (unpaired) electrons. The van der Waals surface area contributed by atoms with Gasteiger partial charge in [-0.3, -0.25) is 0 Å². The standard InChI is InChI=1S/C14H26N2S/c1-10(2)7-11(3)13-16-12(9-17-13)8-15-14(4,5)6/h9-11,15H,7-8H2,1-6H3. The zero-order valence-electron chi connectivity index (χ0n) is 12.0. The van der Waals surface area contributed by atoms with Crippen molar-refractivity contribution >= 4 is 11.3 Å². The molecule has 3 heteroatoms. The summed E-state index contributed by atoms with van der Waals surface area (Å²) in [5.41, 5.74) is 1.34. The summed E-state index contributed by atoms with van der Waals surface area (Å²) in [6.45, 7) is 14.2. The fourth-order valence-corrected chi connectivity index (χ4v) is 2.69. The Hall–Kier alpha value is -0.410. The van der Waals surface area contributed by atoms with Crippen LogP contribution < -0.4 is 5.32 Å². The highest BCUT2D eigenvalue weighted by Crippen LogP contribution is 2.26. The number of aromatic nitrogens is 1. The molecular weight excluding hydrogens is 228 g/mol. The molecule has 0 amide bonds. The van der Waals surface area contributed by atoms with Crippen LogP contribution in [0, 0.1) is 5.92 Å². The van der Waals surface area contributed by atoms with E-state index in [1.807, 2.05) is 0 Å². The van der Waals surface area contributed by atoms with Crippen LogP contribution in [-0.2, 0) is 6.54 Å². The zero-order chi connectivity index (χ0) is 13.1. The van der Waals surface area contributed by atoms with Gasteiger partial charge in [-0.05, 0) is 33.1 Å². The molecule has 2 nitrogen and oxygen atoms in total. The zero-order valence-corrected chi connectivity index (χ0v) is 12.8. The van der Waals surface area contributed by atoms with E-state index in [-0.39, 0.29) is 5.54 Å². The van der Waals surface area contributed by atoms with Gasteiger partial charge < -0.3 is 5.32 Å². The highest BCUT2D eigenvalue weighted by Gasteiger charge is 2.14. The van der Waals surface area contributed by atoms with E-state index in [4.69, 9.17) is 4.98 Å². The fraction of sp³-hybridized carbons (Fsp3) is 0.786. The van der Waals surface area contributed by atoms with Gasteiger partial charge in [0.1, 0.15) is 0 Å². The first-order valence-electron chi connectivity index (χ1n) is 6.47. The molecule has 17 heavy (non-hydrogen) atoms. The molecule has 0 aliphatic rings. The van der Waals surface area contributed by atoms with Gasteiger partial charge in [0.05, 0.1) is 10.7 Å². The monoisotopic (exact) mass is 254 g/mol. The van der Waals surface area contributed by atoms with E-state index in [1.165, 1.54) is 17.1 Å². The van der Waals surface area contributed by atoms with Crippen molar-refractivity contribution in [3.63, 3.8) is 0 Å². The summed E-state index contributed by atoms with van der Waals surface area (Å²) in [6, 6.07) is 0. The summed E-state index contributed by atoms with van der Waals surface area (Å²) in [7, 11) is 0. The molecule has 1 atom stereocenters. The second-order valence-electron chi connectivity index (χ2n) is 6.31. The van der Waals surface area contributed by atoms with E-state index < -0.39 is 0 Å². The first kappa shape index (κ1) is 14.7. The summed E-state index contributed by atoms with van der Waals surface area (Å²) < 4.78 is 0. The highest BCUT2D eigenvalue weighted by molar-refractivity contribution is 7.09. The third kappa shape index (κ3) is 5.64. The van der Waals surface area contributed by atoms with E-state index in [1.54, 1.807) is 11.3 Å². The Morgan fingerprint density at radius 2 is 1.94 bits per heavy atom. The number of nitrogens with zero attached hydrogens (tertiary/aromatic N) is 1. The van der Waals surface area contributed by atoms with Crippen LogP contribution in [0.25, 0.3) is 0 Å². The summed E-state index contributed by atoms with van der Waals surface area (Å²) in [5.74, 6) is 1.33. The molecule has 98 valence electrons. The van der Waals surface area contributed by atoms with Crippen molar-refractivity contribution in [2.45, 2.75) is 66.0 Å². The maximum absolute atomic E-state index is 4.72. The molecule has 1 aromatic rings. The minimum atomic E-state index is 0.160. The van der Waals surface area contributed by atoms with E-state index in [9.17, 15) is 0 Å². The van der Waals surface area contributed by atoms with Gasteiger partial charge in [0, 0.05) is 23.4 Å². The van der Waals surface area contributed by atoms with Crippen molar-refractivity contribution < 1.29 is 0 Å². The van der Waals surface area contributed by atoms with Crippen LogP contribution in [0.4, 0.5) is 0 Å². The Bertz CT molecular complexity index is 336. The second-order valence-corrected chi connectivity index (χ2v) is 7.20. The van der Waals surface area contributed by atoms with Crippen LogP contribution >= 0.6 is 11.3 Å². The van der Waals surface area contributed by atoms with Crippen molar-refractivity contribution in [1.82, 2.24) is 10.3 Å². The van der Waals surface area contributed by atoms with Gasteiger partial charge in [0.25, 0.3) is 0 Å². The molecule has 1 N–H and O–H groups in total. The van der Waals surface area contributed by atoms with Crippen LogP contribution in [0.1, 0.15) is 64.6 Å². The molecule has 1 rings (SSSR count). The van der Waals surface area contributed by atoms with Crippen molar-refractivity contribution in [2.24, 2.45) is 5.92 Å². The van der Waals surface area contributed by atoms with Gasteiger partial charge in [-0.2, -0.15) is 0 Å². The molecule has 0 spiro atoms. The molecule has 1 heterocycles. The predicted molar refractivity (Wildman–Crippen MR) is 76.6 cm³/mol. The molecular formula is C14H26N2S. The molecule has 0 saturated heterocycles. The Balaban J connectivity index is 2.53. The maximum Gasteiger partial charge on any atom is 0.0957 e. The molecule has 0 aromatic carbocycles. The van der Waals surface area contributed by atoms with Gasteiger partial charge >= 0.3 is 0 Å². The Morgan fingerprint density at radius 3 is 2.47 bits per heavy atom. The van der Waals surface area contributed by atoms with Crippen LogP contribution in [0.2, 0.25) is 0 Å². The third-order valence-electron chi connectivity index (χ3n) is 2.62. The van der Waals surface area contributed by atoms with Crippen molar-refractivity contribution in [2.75, 3.05) is 0 Å². The van der Waals surface area contributed by atoms with Gasteiger partial charge in [0.2, 0.25) is 0 Å². The minimum Gasteiger partial charge on any atom is -0.306 e. The Kier molecular flexibility index (Phi) is 5.14. The largest absolute Gasteiger partial charge is 0.306 e. The summed E-state index contributed by atoms with van der Waals surface area (Å²) in [4.78, 5) is 4.72. The van der Waals surface area contributed by atoms with E-state index >= 15 is 0 Å². The van der Waals surface area contributed by atoms with Gasteiger partial charge in [-0.1, -0.05) is 20.8 Å². The normalized spacial score (nSPS) is 14.3. The quantitative estimate of drug-likeness (QED) is 0.852. The minimum absolute atomic E-state index is 0.160. The van der Waals surface area contributed by atoms with E-state index in [2.05, 4.69) is 52.2 Å². The number of hydrogen-bond donors (Lipinski definition) is 1. The summed E-state index contributed by atoms with van der Waals surface area (Å²) in [5, 5.41) is 6.94. The lowest BCUT2D eigenvalue weighted by Gasteiger charge is -2.19. The smallest absolute Gasteiger partial charge is 0.0957 e. The lowest BCUT2D eigenvalue weighted by molar-refractivity contribution is 0.421. The molecule has 0 fully saturated rings. The number of thiazole rings is 1. The number of nitrogens with one attached hydrogen (secondary N) is 1. The lowest BCUT2D eigenvalue weighted by Crippen LogP contribution is -2.35. The van der Waals surface area contributed by atoms with Gasteiger partial charge in [0.15, 0.2) is 0 Å². The predicted octanol–water partition coefficient (Wildman–Crippen LogP) is 4.18. The summed E-state index contributed by atoms with van der Waals surface area (Å²) >= 11 is 1.80. The first-order valence-corrected chi connectivity index (χ1v) is 7.35. The maximum atomic E-state index is 4.72. The average Bonchev–Trinajstić information content (AvgIpc) is 2.60. The molecule has 1 aromatic heterocycles. The molecule has 0 bridgehead atoms. The van der Waals surface area contributed by atoms with Crippen LogP contribution in [-0.4, -0.2) is 10.5 Å². The molecule has 1 unspecified atom stereocenters. The number of rotatable bonds is 5. The molecule has 0 aliphatic carbocycles. The lowest BCUT2D eigenvalue weighted by atomic mass is 10.00. The van der Waals surface area contributed by atoms with Crippen molar-refractivity contribution in [3.05, 3.63) is 16.1 Å². The Morgan fingerprint density at radius 1 is 1.29 bits per heavy atom. The topological polar surface area (TPSA) is 24.9 Å². The SMILES string of the molecule is CC(C)CC(C)c1nc(CNC(C)(C)C)cs1. The highest BCUT2D eigenvalue weighted by atomic mass is 32.1. The van der Waals surface area contributed by atoms with Crippen LogP contribution in [0.15, 0.2) is 5.38 Å². The first-order chi connectivity index (χ1) is 7.78. The van der Waals surface area contributed by atoms with E-state index in [0.717, 1.165) is 12.5 Å². The second kappa shape index (κ2) is 5.96.